The van der Waals surface area contributed by atoms with E-state index in [4.69, 9.17) is 0 Å². The van der Waals surface area contributed by atoms with Crippen molar-refractivity contribution in [3.63, 3.8) is 0 Å². The summed E-state index contributed by atoms with van der Waals surface area (Å²) in [6.45, 7) is 1.21. The van der Waals surface area contributed by atoms with Gasteiger partial charge in [-0.3, -0.25) is 0 Å². The number of hydrogen-bond donors (Lipinski definition) is 1. The van der Waals surface area contributed by atoms with Gasteiger partial charge in [-0.05, 0) is 30.9 Å². The zero-order valence-corrected chi connectivity index (χ0v) is 8.31. The van der Waals surface area contributed by atoms with Crippen molar-refractivity contribution >= 4 is 12.4 Å². The average molecular weight is 196 g/mol. The summed E-state index contributed by atoms with van der Waals surface area (Å²) in [5, 5.41) is 3.62. The largest absolute Gasteiger partial charge is 0.307 e. The molecule has 1 N–H and O–H groups in total. The lowest BCUT2D eigenvalue weighted by atomic mass is 10.0. The van der Waals surface area contributed by atoms with Crippen LogP contribution in [-0.2, 0) is 5.54 Å². The van der Waals surface area contributed by atoms with Crippen molar-refractivity contribution in [1.29, 1.82) is 0 Å². The molecule has 1 aliphatic heterocycles. The average Bonchev–Trinajstić information content (AvgIpc) is 2.72. The second-order valence-electron chi connectivity index (χ2n) is 3.95. The smallest absolute Gasteiger partial charge is 0.0467 e. The maximum absolute atomic E-state index is 3.62. The Morgan fingerprint density at radius 1 is 1.23 bits per heavy atom. The van der Waals surface area contributed by atoms with Gasteiger partial charge in [0.05, 0.1) is 0 Å². The molecule has 0 spiro atoms. The van der Waals surface area contributed by atoms with E-state index < -0.39 is 0 Å². The monoisotopic (exact) mass is 195 g/mol. The second-order valence-corrected chi connectivity index (χ2v) is 3.95. The standard InChI is InChI=1S/C11H13N.ClH/c1-2-4-9(5-3-1)11-8-10(11)6-7-12-11;/h1-5,10,12H,6-8H2;1H. The molecule has 0 radical (unpaired) electrons. The Hall–Kier alpha value is -0.530. The van der Waals surface area contributed by atoms with Gasteiger partial charge in [0.2, 0.25) is 0 Å². The van der Waals surface area contributed by atoms with Gasteiger partial charge in [-0.2, -0.15) is 0 Å². The van der Waals surface area contributed by atoms with Crippen LogP contribution in [0.4, 0.5) is 0 Å². The summed E-state index contributed by atoms with van der Waals surface area (Å²) in [5.74, 6) is 0.930. The molecule has 1 saturated heterocycles. The lowest BCUT2D eigenvalue weighted by Crippen LogP contribution is -2.25. The van der Waals surface area contributed by atoms with Gasteiger partial charge >= 0.3 is 0 Å². The highest BCUT2D eigenvalue weighted by atomic mass is 35.5. The van der Waals surface area contributed by atoms with Crippen LogP contribution in [0.3, 0.4) is 0 Å². The quantitative estimate of drug-likeness (QED) is 0.726. The Morgan fingerprint density at radius 2 is 2.00 bits per heavy atom. The van der Waals surface area contributed by atoms with Gasteiger partial charge in [0.15, 0.2) is 0 Å². The van der Waals surface area contributed by atoms with Crippen molar-refractivity contribution in [2.24, 2.45) is 5.92 Å². The molecule has 2 heteroatoms. The SMILES string of the molecule is Cl.c1ccc(C23CC2CCN3)cc1. The van der Waals surface area contributed by atoms with Gasteiger partial charge in [-0.25, -0.2) is 0 Å². The molecule has 0 amide bonds. The van der Waals surface area contributed by atoms with Crippen molar-refractivity contribution in [3.8, 4) is 0 Å². The van der Waals surface area contributed by atoms with Gasteiger partial charge in [-0.1, -0.05) is 30.3 Å². The van der Waals surface area contributed by atoms with Crippen molar-refractivity contribution in [3.05, 3.63) is 35.9 Å². The lowest BCUT2D eigenvalue weighted by Gasteiger charge is -2.13. The van der Waals surface area contributed by atoms with Crippen LogP contribution in [0.25, 0.3) is 0 Å². The summed E-state index contributed by atoms with van der Waals surface area (Å²) in [6, 6.07) is 10.9. The first kappa shape index (κ1) is 9.04. The molecular formula is C11H14ClN. The molecule has 2 aliphatic rings. The number of hydrogen-bond acceptors (Lipinski definition) is 1. The van der Waals surface area contributed by atoms with Crippen molar-refractivity contribution in [1.82, 2.24) is 5.32 Å². The molecule has 1 saturated carbocycles. The third-order valence-electron chi connectivity index (χ3n) is 3.33. The molecule has 2 unspecified atom stereocenters. The molecule has 1 nitrogen and oxygen atoms in total. The highest BCUT2D eigenvalue weighted by Crippen LogP contribution is 2.56. The molecule has 1 heterocycles. The van der Waals surface area contributed by atoms with Crippen molar-refractivity contribution < 1.29 is 0 Å². The van der Waals surface area contributed by atoms with Crippen LogP contribution in [0.1, 0.15) is 18.4 Å². The molecule has 13 heavy (non-hydrogen) atoms. The van der Waals surface area contributed by atoms with E-state index in [9.17, 15) is 0 Å². The Balaban J connectivity index is 0.000000653. The molecule has 3 rings (SSSR count). The Kier molecular flexibility index (Phi) is 2.09. The van der Waals surface area contributed by atoms with E-state index in [2.05, 4.69) is 35.6 Å². The maximum atomic E-state index is 3.62. The minimum atomic E-state index is 0. The molecule has 2 fully saturated rings. The summed E-state index contributed by atoms with van der Waals surface area (Å²) >= 11 is 0. The van der Waals surface area contributed by atoms with E-state index in [1.165, 1.54) is 24.9 Å². The summed E-state index contributed by atoms with van der Waals surface area (Å²) < 4.78 is 0. The van der Waals surface area contributed by atoms with Gasteiger partial charge in [-0.15, -0.1) is 12.4 Å². The molecule has 1 aromatic rings. The first-order chi connectivity index (χ1) is 5.92. The van der Waals surface area contributed by atoms with E-state index in [-0.39, 0.29) is 12.4 Å². The molecule has 2 atom stereocenters. The van der Waals surface area contributed by atoms with Crippen LogP contribution in [0.5, 0.6) is 0 Å². The third-order valence-corrected chi connectivity index (χ3v) is 3.33. The fraction of sp³-hybridized carbons (Fsp3) is 0.455. The highest BCUT2D eigenvalue weighted by molar-refractivity contribution is 5.85. The number of halogens is 1. The van der Waals surface area contributed by atoms with Crippen LogP contribution < -0.4 is 5.32 Å². The summed E-state index contributed by atoms with van der Waals surface area (Å²) in [6.07, 6.45) is 2.73. The van der Waals surface area contributed by atoms with Crippen LogP contribution in [0.2, 0.25) is 0 Å². The first-order valence-electron chi connectivity index (χ1n) is 4.72. The normalized spacial score (nSPS) is 34.9. The predicted octanol–water partition coefficient (Wildman–Crippen LogP) is 2.32. The van der Waals surface area contributed by atoms with Gasteiger partial charge in [0.25, 0.3) is 0 Å². The second kappa shape index (κ2) is 3.00. The zero-order chi connectivity index (χ0) is 8.02. The number of benzene rings is 1. The fourth-order valence-electron chi connectivity index (χ4n) is 2.56. The summed E-state index contributed by atoms with van der Waals surface area (Å²) in [4.78, 5) is 0. The molecule has 1 aliphatic carbocycles. The van der Waals surface area contributed by atoms with Crippen LogP contribution in [0, 0.1) is 5.92 Å². The van der Waals surface area contributed by atoms with E-state index in [0.717, 1.165) is 5.92 Å². The zero-order valence-electron chi connectivity index (χ0n) is 7.49. The fourth-order valence-corrected chi connectivity index (χ4v) is 2.56. The van der Waals surface area contributed by atoms with Crippen molar-refractivity contribution in [2.45, 2.75) is 18.4 Å². The number of fused-ring (bicyclic) bond motifs is 1. The molecule has 0 aromatic heterocycles. The maximum Gasteiger partial charge on any atom is 0.0467 e. The van der Waals surface area contributed by atoms with Gasteiger partial charge in [0.1, 0.15) is 0 Å². The van der Waals surface area contributed by atoms with Gasteiger partial charge in [0, 0.05) is 5.54 Å². The number of piperidine rings is 1. The first-order valence-corrected chi connectivity index (χ1v) is 4.72. The van der Waals surface area contributed by atoms with E-state index >= 15 is 0 Å². The van der Waals surface area contributed by atoms with Crippen molar-refractivity contribution in [2.75, 3.05) is 6.54 Å². The van der Waals surface area contributed by atoms with Crippen LogP contribution in [-0.4, -0.2) is 6.54 Å². The Bertz CT molecular complexity index is 298. The topological polar surface area (TPSA) is 12.0 Å². The minimum Gasteiger partial charge on any atom is -0.307 e. The third kappa shape index (κ3) is 1.18. The van der Waals surface area contributed by atoms with E-state index in [0.29, 0.717) is 5.54 Å². The van der Waals surface area contributed by atoms with E-state index in [1.54, 1.807) is 0 Å². The minimum absolute atomic E-state index is 0. The van der Waals surface area contributed by atoms with Gasteiger partial charge < -0.3 is 5.32 Å². The van der Waals surface area contributed by atoms with E-state index in [1.807, 2.05) is 0 Å². The molecule has 1 aromatic carbocycles. The molecule has 0 bridgehead atoms. The predicted molar refractivity (Wildman–Crippen MR) is 56.1 cm³/mol. The molecular weight excluding hydrogens is 182 g/mol. The Morgan fingerprint density at radius 3 is 2.54 bits per heavy atom. The molecule has 70 valence electrons. The highest BCUT2D eigenvalue weighted by Gasteiger charge is 2.57. The summed E-state index contributed by atoms with van der Waals surface area (Å²) in [7, 11) is 0. The number of nitrogens with one attached hydrogen (secondary N) is 1. The number of rotatable bonds is 1. The Labute approximate surface area is 84.9 Å². The lowest BCUT2D eigenvalue weighted by molar-refractivity contribution is 0.580. The van der Waals surface area contributed by atoms with Crippen LogP contribution in [0.15, 0.2) is 30.3 Å². The summed E-state index contributed by atoms with van der Waals surface area (Å²) in [5.41, 5.74) is 1.90. The van der Waals surface area contributed by atoms with Crippen LogP contribution >= 0.6 is 12.4 Å².